The molecule has 0 aliphatic rings. The molecule has 0 saturated carbocycles. The van der Waals surface area contributed by atoms with Gasteiger partial charge in [-0.15, -0.1) is 0 Å². The van der Waals surface area contributed by atoms with Crippen molar-refractivity contribution < 1.29 is 45.2 Å². The van der Waals surface area contributed by atoms with E-state index in [-0.39, 0.29) is 43.0 Å². The molecule has 0 radical (unpaired) electrons. The van der Waals surface area contributed by atoms with Crippen molar-refractivity contribution in [3.63, 3.8) is 0 Å². The number of quaternary nitrogens is 1. The van der Waals surface area contributed by atoms with Gasteiger partial charge in [0, 0.05) is 17.9 Å². The fraction of sp³-hybridized carbons (Fsp3) is 0.273. The minimum atomic E-state index is -1.33. The third kappa shape index (κ3) is 12.3. The zero-order chi connectivity index (χ0) is 23.3. The zero-order valence-corrected chi connectivity index (χ0v) is 18.5. The highest BCUT2D eigenvalue weighted by Gasteiger charge is 2.20. The summed E-state index contributed by atoms with van der Waals surface area (Å²) in [6.45, 7) is -0.968. The van der Waals surface area contributed by atoms with Crippen molar-refractivity contribution in [1.82, 2.24) is 4.90 Å². The molecule has 1 atom stereocenters. The highest BCUT2D eigenvalue weighted by molar-refractivity contribution is 5.92. The van der Waals surface area contributed by atoms with E-state index < -0.39 is 30.9 Å². The number of carboxylic acid groups (broad SMARTS) is 2. The highest BCUT2D eigenvalue weighted by Crippen LogP contribution is 2.05. The van der Waals surface area contributed by atoms with Gasteiger partial charge in [-0.3, -0.25) is 19.3 Å². The lowest BCUT2D eigenvalue weighted by Gasteiger charge is -2.24. The predicted octanol–water partition coefficient (Wildman–Crippen LogP) is -3.36. The Labute approximate surface area is 196 Å². The summed E-state index contributed by atoms with van der Waals surface area (Å²) in [4.78, 5) is 48.7. The standard InChI is InChI=1S/C22H26N4O6.2H2O/c27-19(23-17-7-3-1-4-8-17)13-25(15-21(29)30)11-12-26(16-22(31)32)14-20(28)24-18-9-5-2-6-10-18;;/h1-10H,11-16H2,(H,23,27)(H,24,28)(H,29,30)(H,31,32);2*1H2. The summed E-state index contributed by atoms with van der Waals surface area (Å²) in [6.07, 6.45) is 0. The lowest BCUT2D eigenvalue weighted by molar-refractivity contribution is -0.885. The topological polar surface area (TPSA) is 206 Å². The van der Waals surface area contributed by atoms with E-state index in [1.165, 1.54) is 4.90 Å². The summed E-state index contributed by atoms with van der Waals surface area (Å²) >= 11 is 0. The monoisotopic (exact) mass is 478 g/mol. The van der Waals surface area contributed by atoms with Crippen molar-refractivity contribution in [3.05, 3.63) is 60.7 Å². The maximum Gasteiger partial charge on any atom is 0.317 e. The van der Waals surface area contributed by atoms with E-state index >= 15 is 0 Å². The Bertz CT molecular complexity index is 836. The second kappa shape index (κ2) is 15.9. The minimum Gasteiger partial charge on any atom is -0.544 e. The minimum absolute atomic E-state index is 0. The number of rotatable bonds is 13. The van der Waals surface area contributed by atoms with Crippen LogP contribution in [0.15, 0.2) is 60.7 Å². The van der Waals surface area contributed by atoms with Crippen LogP contribution in [0.1, 0.15) is 0 Å². The van der Waals surface area contributed by atoms with Gasteiger partial charge in [0.1, 0.15) is 6.54 Å². The normalized spacial score (nSPS) is 10.9. The number of hydrogen-bond acceptors (Lipinski definition) is 6. The van der Waals surface area contributed by atoms with Crippen molar-refractivity contribution in [2.45, 2.75) is 0 Å². The molecule has 12 heteroatoms. The Morgan fingerprint density at radius 2 is 1.29 bits per heavy atom. The first kappa shape index (κ1) is 30.2. The molecule has 2 amide bonds. The third-order valence-corrected chi connectivity index (χ3v) is 4.43. The molecule has 0 aliphatic heterocycles. The number of hydrogen-bond donors (Lipinski definition) is 4. The largest absolute Gasteiger partial charge is 0.544 e. The van der Waals surface area contributed by atoms with Gasteiger partial charge < -0.3 is 41.5 Å². The number of nitrogens with zero attached hydrogens (tertiary/aromatic N) is 1. The zero-order valence-electron chi connectivity index (χ0n) is 18.5. The quantitative estimate of drug-likeness (QED) is 0.230. The number of carbonyl (C=O) groups is 4. The Kier molecular flexibility index (Phi) is 14.1. The van der Waals surface area contributed by atoms with Crippen LogP contribution in [0.4, 0.5) is 11.4 Å². The fourth-order valence-corrected chi connectivity index (χ4v) is 3.04. The van der Waals surface area contributed by atoms with Crippen LogP contribution in [-0.4, -0.2) is 84.0 Å². The molecule has 2 rings (SSSR count). The van der Waals surface area contributed by atoms with Crippen molar-refractivity contribution in [2.75, 3.05) is 49.9 Å². The molecule has 0 fully saturated rings. The Hall–Kier alpha value is -3.84. The fourth-order valence-electron chi connectivity index (χ4n) is 3.04. The van der Waals surface area contributed by atoms with E-state index in [0.29, 0.717) is 16.3 Å². The van der Waals surface area contributed by atoms with Crippen LogP contribution in [-0.2, 0) is 19.2 Å². The van der Waals surface area contributed by atoms with Crippen LogP contribution >= 0.6 is 0 Å². The van der Waals surface area contributed by atoms with Crippen LogP contribution in [0.5, 0.6) is 0 Å². The average molecular weight is 479 g/mol. The summed E-state index contributed by atoms with van der Waals surface area (Å²) < 4.78 is 0. The number of para-hydroxylation sites is 2. The summed E-state index contributed by atoms with van der Waals surface area (Å²) in [5.41, 5.74) is 1.16. The molecule has 0 aliphatic carbocycles. The van der Waals surface area contributed by atoms with E-state index in [9.17, 15) is 24.3 Å². The van der Waals surface area contributed by atoms with Gasteiger partial charge >= 0.3 is 5.97 Å². The van der Waals surface area contributed by atoms with Gasteiger partial charge in [-0.25, -0.2) is 0 Å². The molecule has 1 unspecified atom stereocenters. The van der Waals surface area contributed by atoms with Gasteiger partial charge in [-0.2, -0.15) is 0 Å². The number of benzene rings is 2. The summed E-state index contributed by atoms with van der Waals surface area (Å²) in [5.74, 6) is -3.25. The molecule has 2 aromatic rings. The third-order valence-electron chi connectivity index (χ3n) is 4.43. The SMILES string of the molecule is O.O.O=C([O-])C[NH+](CCN(CC(=O)O)CC(=O)Nc1ccccc1)CC(=O)Nc1ccccc1. The smallest absolute Gasteiger partial charge is 0.317 e. The lowest BCUT2D eigenvalue weighted by Crippen LogP contribution is -3.15. The molecule has 12 nitrogen and oxygen atoms in total. The van der Waals surface area contributed by atoms with Crippen LogP contribution in [0.2, 0.25) is 0 Å². The van der Waals surface area contributed by atoms with Gasteiger partial charge in [0.15, 0.2) is 6.54 Å². The van der Waals surface area contributed by atoms with Crippen molar-refractivity contribution >= 4 is 35.1 Å². The number of anilines is 2. The van der Waals surface area contributed by atoms with Gasteiger partial charge in [0.2, 0.25) is 5.91 Å². The molecule has 2 aromatic carbocycles. The lowest BCUT2D eigenvalue weighted by atomic mass is 10.3. The van der Waals surface area contributed by atoms with E-state index in [1.54, 1.807) is 60.7 Å². The first-order valence-corrected chi connectivity index (χ1v) is 9.99. The maximum absolute atomic E-state index is 12.3. The summed E-state index contributed by atoms with van der Waals surface area (Å²) in [5, 5.41) is 25.6. The molecule has 0 saturated heterocycles. The van der Waals surface area contributed by atoms with Crippen molar-refractivity contribution in [1.29, 1.82) is 0 Å². The molecule has 0 aromatic heterocycles. The molecule has 8 N–H and O–H groups in total. The average Bonchev–Trinajstić information content (AvgIpc) is 2.72. The molecule has 186 valence electrons. The highest BCUT2D eigenvalue weighted by atomic mass is 16.4. The van der Waals surface area contributed by atoms with Crippen LogP contribution in [0.25, 0.3) is 0 Å². The van der Waals surface area contributed by atoms with Gasteiger partial charge in [0.05, 0.1) is 25.6 Å². The Morgan fingerprint density at radius 1 is 0.794 bits per heavy atom. The van der Waals surface area contributed by atoms with Crippen molar-refractivity contribution in [2.24, 2.45) is 0 Å². The first-order valence-electron chi connectivity index (χ1n) is 9.99. The molecule has 0 heterocycles. The van der Waals surface area contributed by atoms with Crippen molar-refractivity contribution in [3.8, 4) is 0 Å². The van der Waals surface area contributed by atoms with Gasteiger partial charge in [-0.1, -0.05) is 36.4 Å². The van der Waals surface area contributed by atoms with E-state index in [0.717, 1.165) is 0 Å². The van der Waals surface area contributed by atoms with Crippen LogP contribution in [0, 0.1) is 0 Å². The Balaban J connectivity index is 0.00000544. The Morgan fingerprint density at radius 3 is 1.76 bits per heavy atom. The van der Waals surface area contributed by atoms with Gasteiger partial charge in [-0.05, 0) is 24.3 Å². The van der Waals surface area contributed by atoms with Crippen LogP contribution < -0.4 is 20.6 Å². The summed E-state index contributed by atoms with van der Waals surface area (Å²) in [7, 11) is 0. The number of nitrogens with one attached hydrogen (secondary N) is 3. The number of amides is 2. The number of carbonyl (C=O) groups excluding carboxylic acids is 3. The number of carboxylic acids is 2. The maximum atomic E-state index is 12.3. The van der Waals surface area contributed by atoms with E-state index in [4.69, 9.17) is 5.11 Å². The molecular formula is C22H30N4O8. The van der Waals surface area contributed by atoms with E-state index in [1.807, 2.05) is 0 Å². The molecule has 0 spiro atoms. The van der Waals surface area contributed by atoms with E-state index in [2.05, 4.69) is 10.6 Å². The summed E-state index contributed by atoms with van der Waals surface area (Å²) in [6, 6.07) is 17.4. The predicted molar refractivity (Wildman–Crippen MR) is 122 cm³/mol. The molecular weight excluding hydrogens is 448 g/mol. The second-order valence-corrected chi connectivity index (χ2v) is 7.16. The molecule has 34 heavy (non-hydrogen) atoms. The first-order chi connectivity index (χ1) is 15.3. The van der Waals surface area contributed by atoms with Crippen LogP contribution in [0.3, 0.4) is 0 Å². The second-order valence-electron chi connectivity index (χ2n) is 7.16. The molecule has 0 bridgehead atoms. The van der Waals surface area contributed by atoms with Gasteiger partial charge in [0.25, 0.3) is 5.91 Å². The number of aliphatic carboxylic acids is 2.